The summed E-state index contributed by atoms with van der Waals surface area (Å²) in [4.78, 5) is 26.5. The van der Waals surface area contributed by atoms with Crippen LogP contribution in [0.2, 0.25) is 0 Å². The van der Waals surface area contributed by atoms with Gasteiger partial charge < -0.3 is 21.1 Å². The summed E-state index contributed by atoms with van der Waals surface area (Å²) in [7, 11) is 1.67. The van der Waals surface area contributed by atoms with Gasteiger partial charge in [0.25, 0.3) is 6.47 Å². The van der Waals surface area contributed by atoms with Crippen molar-refractivity contribution in [2.45, 2.75) is 84.9 Å². The quantitative estimate of drug-likeness (QED) is 0.161. The first-order valence-corrected chi connectivity index (χ1v) is 14.8. The van der Waals surface area contributed by atoms with Crippen LogP contribution in [0.25, 0.3) is 0 Å². The van der Waals surface area contributed by atoms with Crippen molar-refractivity contribution in [3.63, 3.8) is 0 Å². The van der Waals surface area contributed by atoms with Gasteiger partial charge in [-0.05, 0) is 64.3 Å². The second-order valence-corrected chi connectivity index (χ2v) is 12.2. The van der Waals surface area contributed by atoms with Gasteiger partial charge in [-0.25, -0.2) is 13.8 Å². The SMILES string of the molecule is CC(C)(C)OC=O.CC(C)CSN.CNCc1cc(F)c(C(=O)c2sc(NC3CCCCC3)nc2N)c(F)c1. The molecule has 1 fully saturated rings. The zero-order chi connectivity index (χ0) is 29.6. The lowest BCUT2D eigenvalue weighted by Gasteiger charge is -2.22. The second-order valence-electron chi connectivity index (χ2n) is 10.6. The molecule has 0 amide bonds. The third kappa shape index (κ3) is 13.1. The molecule has 1 saturated carbocycles. The van der Waals surface area contributed by atoms with Gasteiger partial charge in [0.2, 0.25) is 5.78 Å². The van der Waals surface area contributed by atoms with Crippen LogP contribution in [0.15, 0.2) is 12.1 Å². The number of ether oxygens (including phenoxy) is 1. The van der Waals surface area contributed by atoms with Gasteiger partial charge in [0.15, 0.2) is 5.13 Å². The van der Waals surface area contributed by atoms with Gasteiger partial charge in [-0.2, -0.15) is 0 Å². The number of carbonyl (C=O) groups is 2. The third-order valence-electron chi connectivity index (χ3n) is 5.33. The predicted molar refractivity (Wildman–Crippen MR) is 158 cm³/mol. The van der Waals surface area contributed by atoms with Gasteiger partial charge in [-0.1, -0.05) is 56.4 Å². The van der Waals surface area contributed by atoms with E-state index >= 15 is 0 Å². The van der Waals surface area contributed by atoms with Crippen LogP contribution in [0.5, 0.6) is 0 Å². The number of nitrogens with two attached hydrogens (primary N) is 2. The van der Waals surface area contributed by atoms with E-state index in [2.05, 4.69) is 34.2 Å². The van der Waals surface area contributed by atoms with Crippen molar-refractivity contribution in [1.29, 1.82) is 0 Å². The first kappa shape index (κ1) is 34.7. The maximum Gasteiger partial charge on any atom is 0.293 e. The van der Waals surface area contributed by atoms with E-state index in [9.17, 15) is 18.4 Å². The smallest absolute Gasteiger partial charge is 0.293 e. The van der Waals surface area contributed by atoms with Crippen molar-refractivity contribution in [2.24, 2.45) is 11.1 Å². The normalized spacial score (nSPS) is 13.6. The van der Waals surface area contributed by atoms with Gasteiger partial charge in [-0.3, -0.25) is 14.7 Å². The largest absolute Gasteiger partial charge is 0.462 e. The molecule has 8 nitrogen and oxygen atoms in total. The maximum absolute atomic E-state index is 14.3. The lowest BCUT2D eigenvalue weighted by atomic mass is 9.96. The van der Waals surface area contributed by atoms with Crippen molar-refractivity contribution in [3.05, 3.63) is 39.8 Å². The minimum absolute atomic E-state index is 0.00332. The molecule has 0 bridgehead atoms. The molecule has 2 aromatic rings. The molecule has 1 aliphatic rings. The Labute approximate surface area is 239 Å². The second kappa shape index (κ2) is 17.4. The van der Waals surface area contributed by atoms with E-state index in [1.54, 1.807) is 7.05 Å². The molecular formula is C27H43F2N5O3S2. The summed E-state index contributed by atoms with van der Waals surface area (Å²) in [5, 5.41) is 11.8. The number of benzene rings is 1. The van der Waals surface area contributed by atoms with Crippen LogP contribution in [-0.4, -0.2) is 41.7 Å². The molecule has 12 heteroatoms. The summed E-state index contributed by atoms with van der Waals surface area (Å²) in [6.45, 7) is 10.5. The molecule has 0 radical (unpaired) electrons. The zero-order valence-corrected chi connectivity index (χ0v) is 25.4. The Morgan fingerprint density at radius 3 is 2.23 bits per heavy atom. The number of carbonyl (C=O) groups excluding carboxylic acids is 2. The molecule has 0 saturated heterocycles. The summed E-state index contributed by atoms with van der Waals surface area (Å²) >= 11 is 2.46. The number of nitrogens with zero attached hydrogens (tertiary/aromatic N) is 1. The molecule has 0 spiro atoms. The van der Waals surface area contributed by atoms with E-state index in [0.717, 1.165) is 60.8 Å². The molecule has 1 aromatic carbocycles. The highest BCUT2D eigenvalue weighted by Crippen LogP contribution is 2.31. The topological polar surface area (TPSA) is 132 Å². The predicted octanol–water partition coefficient (Wildman–Crippen LogP) is 5.91. The number of anilines is 2. The summed E-state index contributed by atoms with van der Waals surface area (Å²) in [6, 6.07) is 2.61. The summed E-state index contributed by atoms with van der Waals surface area (Å²) in [6.07, 6.45) is 5.61. The number of aromatic nitrogens is 1. The minimum Gasteiger partial charge on any atom is -0.462 e. The van der Waals surface area contributed by atoms with Crippen molar-refractivity contribution in [3.8, 4) is 0 Å². The first-order chi connectivity index (χ1) is 18.3. The van der Waals surface area contributed by atoms with Crippen LogP contribution in [-0.2, 0) is 16.1 Å². The van der Waals surface area contributed by atoms with Crippen LogP contribution in [0.4, 0.5) is 19.7 Å². The minimum atomic E-state index is -0.894. The van der Waals surface area contributed by atoms with Crippen molar-refractivity contribution >= 4 is 46.5 Å². The van der Waals surface area contributed by atoms with Gasteiger partial charge in [0.05, 0.1) is 5.56 Å². The highest BCUT2D eigenvalue weighted by atomic mass is 32.2. The van der Waals surface area contributed by atoms with E-state index in [-0.39, 0.29) is 16.3 Å². The van der Waals surface area contributed by atoms with Crippen molar-refractivity contribution in [2.75, 3.05) is 23.9 Å². The highest BCUT2D eigenvalue weighted by molar-refractivity contribution is 7.97. The lowest BCUT2D eigenvalue weighted by Crippen LogP contribution is -2.22. The number of nitrogen functional groups attached to an aromatic ring is 1. The number of hydrogen-bond acceptors (Lipinski definition) is 10. The highest BCUT2D eigenvalue weighted by Gasteiger charge is 2.25. The van der Waals surface area contributed by atoms with E-state index in [1.807, 2.05) is 20.8 Å². The molecule has 3 rings (SSSR count). The van der Waals surface area contributed by atoms with Crippen LogP contribution >= 0.6 is 23.3 Å². The maximum atomic E-state index is 14.3. The molecule has 0 atom stereocenters. The third-order valence-corrected chi connectivity index (χ3v) is 7.19. The Morgan fingerprint density at radius 1 is 1.23 bits per heavy atom. The fourth-order valence-electron chi connectivity index (χ4n) is 3.58. The Balaban J connectivity index is 0.000000486. The van der Waals surface area contributed by atoms with Gasteiger partial charge in [0, 0.05) is 18.3 Å². The van der Waals surface area contributed by atoms with Crippen LogP contribution in [0.3, 0.4) is 0 Å². The van der Waals surface area contributed by atoms with Crippen molar-refractivity contribution in [1.82, 2.24) is 10.3 Å². The Kier molecular flexibility index (Phi) is 15.5. The molecule has 1 aromatic heterocycles. The average molecular weight is 588 g/mol. The monoisotopic (exact) mass is 587 g/mol. The number of hydrogen-bond donors (Lipinski definition) is 4. The molecule has 1 heterocycles. The zero-order valence-electron chi connectivity index (χ0n) is 23.7. The number of rotatable bonds is 9. The fraction of sp³-hybridized carbons (Fsp3) is 0.593. The molecular weight excluding hydrogens is 544 g/mol. The Morgan fingerprint density at radius 2 is 1.82 bits per heavy atom. The Hall–Kier alpha value is -2.28. The molecule has 220 valence electrons. The number of halogens is 2. The first-order valence-electron chi connectivity index (χ1n) is 13.0. The van der Waals surface area contributed by atoms with Crippen LogP contribution in [0.1, 0.15) is 87.5 Å². The molecule has 0 unspecified atom stereocenters. The summed E-state index contributed by atoms with van der Waals surface area (Å²) < 4.78 is 33.2. The standard InChI is InChI=1S/C18H22F2N4OS.C5H10O2.C4H11NS/c1-22-9-10-7-12(19)14(13(20)8-10)15(25)16-17(21)24-18(26-16)23-11-5-3-2-4-6-11;1-5(2,3)7-4-6;1-4(2)3-6-5/h7-8,11,22H,2-6,9,21H2,1H3,(H,23,24);4H,1-3H3;4H,3,5H2,1-2H3. The van der Waals surface area contributed by atoms with Gasteiger partial charge >= 0.3 is 0 Å². The number of nitrogens with one attached hydrogen (secondary N) is 2. The van der Waals surface area contributed by atoms with Gasteiger partial charge in [-0.15, -0.1) is 0 Å². The van der Waals surface area contributed by atoms with E-state index < -0.39 is 23.0 Å². The molecule has 6 N–H and O–H groups in total. The average Bonchev–Trinajstić information content (AvgIpc) is 3.19. The summed E-state index contributed by atoms with van der Waals surface area (Å²) in [5.74, 6) is -0.760. The van der Waals surface area contributed by atoms with E-state index in [1.165, 1.54) is 18.4 Å². The van der Waals surface area contributed by atoms with Gasteiger partial charge in [0.1, 0.15) is 27.9 Å². The summed E-state index contributed by atoms with van der Waals surface area (Å²) in [5.41, 5.74) is 5.36. The van der Waals surface area contributed by atoms with Crippen LogP contribution < -0.4 is 21.5 Å². The molecule has 1 aliphatic carbocycles. The van der Waals surface area contributed by atoms with E-state index in [4.69, 9.17) is 10.9 Å². The number of thiazole rings is 1. The Bertz CT molecular complexity index is 1020. The van der Waals surface area contributed by atoms with Crippen molar-refractivity contribution < 1.29 is 23.1 Å². The van der Waals surface area contributed by atoms with E-state index in [0.29, 0.717) is 29.8 Å². The van der Waals surface area contributed by atoms with Crippen LogP contribution in [0, 0.1) is 17.6 Å². The molecule has 39 heavy (non-hydrogen) atoms. The molecule has 0 aliphatic heterocycles. The fourth-order valence-corrected chi connectivity index (χ4v) is 4.87. The lowest BCUT2D eigenvalue weighted by molar-refractivity contribution is -0.138. The number of ketones is 1.